The second kappa shape index (κ2) is 10.7. The van der Waals surface area contributed by atoms with Crippen molar-refractivity contribution in [3.05, 3.63) is 56.6 Å². The summed E-state index contributed by atoms with van der Waals surface area (Å²) < 4.78 is 14.5. The standard InChI is InChI=1S/C18H20Cl2N2O3.HO3P/c1-11(2)18(3,4)21-15-10-13(6-7-16(15)22(23)24)25-17-8-5-12(19)9-14(17)20;1-4(2)3/h5-11,21H,1-4H3;(H-,1,2,3)/p+1. The third-order valence-corrected chi connectivity index (χ3v) is 4.72. The number of anilines is 1. The molecule has 0 spiro atoms. The minimum Gasteiger partial charge on any atom is -0.456 e. The van der Waals surface area contributed by atoms with E-state index in [4.69, 9.17) is 42.3 Å². The molecule has 3 N–H and O–H groups in total. The molecule has 0 aromatic heterocycles. The number of nitro groups is 1. The molecule has 0 unspecified atom stereocenters. The van der Waals surface area contributed by atoms with Gasteiger partial charge in [-0.05, 0) is 44.0 Å². The molecule has 11 heteroatoms. The van der Waals surface area contributed by atoms with Crippen molar-refractivity contribution in [1.82, 2.24) is 0 Å². The van der Waals surface area contributed by atoms with Gasteiger partial charge in [-0.15, -0.1) is 9.79 Å². The largest absolute Gasteiger partial charge is 0.692 e. The average Bonchev–Trinajstić information content (AvgIpc) is 2.56. The molecule has 0 bridgehead atoms. The van der Waals surface area contributed by atoms with Gasteiger partial charge >= 0.3 is 8.25 Å². The van der Waals surface area contributed by atoms with Crippen LogP contribution in [0.15, 0.2) is 36.4 Å². The first kappa shape index (κ1) is 25.1. The maximum absolute atomic E-state index is 11.3. The molecule has 29 heavy (non-hydrogen) atoms. The summed E-state index contributed by atoms with van der Waals surface area (Å²) in [6, 6.07) is 9.44. The number of ether oxygens (including phenoxy) is 1. The van der Waals surface area contributed by atoms with E-state index >= 15 is 0 Å². The molecule has 0 aliphatic heterocycles. The Morgan fingerprint density at radius 3 is 2.24 bits per heavy atom. The molecule has 0 saturated carbocycles. The number of rotatable bonds is 6. The molecule has 0 atom stereocenters. The quantitative estimate of drug-likeness (QED) is 0.266. The van der Waals surface area contributed by atoms with E-state index in [1.807, 2.05) is 27.7 Å². The molecular weight excluding hydrogens is 442 g/mol. The first-order valence-electron chi connectivity index (χ1n) is 8.38. The smallest absolute Gasteiger partial charge is 0.456 e. The van der Waals surface area contributed by atoms with E-state index in [-0.39, 0.29) is 17.1 Å². The first-order chi connectivity index (χ1) is 13.3. The molecule has 0 aliphatic rings. The Balaban J connectivity index is 0.000000960. The van der Waals surface area contributed by atoms with Crippen LogP contribution in [0.25, 0.3) is 0 Å². The Morgan fingerprint density at radius 2 is 1.76 bits per heavy atom. The summed E-state index contributed by atoms with van der Waals surface area (Å²) in [7, 11) is -2.87. The predicted octanol–water partition coefficient (Wildman–Crippen LogP) is 6.17. The van der Waals surface area contributed by atoms with Crippen molar-refractivity contribution in [1.29, 1.82) is 0 Å². The fraction of sp³-hybridized carbons (Fsp3) is 0.333. The number of halogens is 2. The highest BCUT2D eigenvalue weighted by Gasteiger charge is 2.26. The van der Waals surface area contributed by atoms with Crippen molar-refractivity contribution in [3.8, 4) is 11.5 Å². The number of benzene rings is 2. The Hall–Kier alpha value is -1.96. The van der Waals surface area contributed by atoms with Crippen molar-refractivity contribution in [2.75, 3.05) is 5.32 Å². The summed E-state index contributed by atoms with van der Waals surface area (Å²) >= 11 is 12.0. The maximum Gasteiger partial charge on any atom is 0.692 e. The minimum absolute atomic E-state index is 0.0109. The van der Waals surface area contributed by atoms with Crippen LogP contribution < -0.4 is 10.1 Å². The highest BCUT2D eigenvalue weighted by molar-refractivity contribution is 7.30. The fourth-order valence-corrected chi connectivity index (χ4v) is 2.46. The van der Waals surface area contributed by atoms with Gasteiger partial charge in [0.15, 0.2) is 0 Å². The lowest BCUT2D eigenvalue weighted by atomic mass is 9.90. The van der Waals surface area contributed by atoms with E-state index in [0.717, 1.165) is 0 Å². The molecule has 2 aromatic carbocycles. The Labute approximate surface area is 179 Å². The Kier molecular flexibility index (Phi) is 9.26. The molecule has 0 amide bonds. The zero-order valence-electron chi connectivity index (χ0n) is 16.2. The predicted molar refractivity (Wildman–Crippen MR) is 114 cm³/mol. The van der Waals surface area contributed by atoms with Gasteiger partial charge < -0.3 is 10.1 Å². The number of nitrogens with zero attached hydrogens (tertiary/aromatic N) is 1. The Bertz CT molecular complexity index is 889. The van der Waals surface area contributed by atoms with Crippen LogP contribution >= 0.6 is 31.5 Å². The van der Waals surface area contributed by atoms with E-state index in [1.165, 1.54) is 12.1 Å². The van der Waals surface area contributed by atoms with Gasteiger partial charge in [0, 0.05) is 27.3 Å². The molecule has 2 rings (SSSR count). The summed E-state index contributed by atoms with van der Waals surface area (Å²) in [5.74, 6) is 1.13. The van der Waals surface area contributed by atoms with Gasteiger partial charge in [-0.25, -0.2) is 0 Å². The lowest BCUT2D eigenvalue weighted by Gasteiger charge is -2.31. The van der Waals surface area contributed by atoms with Crippen molar-refractivity contribution < 1.29 is 24.0 Å². The van der Waals surface area contributed by atoms with Gasteiger partial charge in [0.2, 0.25) is 0 Å². The van der Waals surface area contributed by atoms with E-state index in [0.29, 0.717) is 27.2 Å². The summed E-state index contributed by atoms with van der Waals surface area (Å²) in [5, 5.41) is 15.4. The number of nitro benzene ring substituents is 1. The van der Waals surface area contributed by atoms with Crippen LogP contribution in [-0.2, 0) is 4.57 Å². The van der Waals surface area contributed by atoms with Gasteiger partial charge in [-0.2, -0.15) is 0 Å². The average molecular weight is 464 g/mol. The number of hydrogen-bond donors (Lipinski definition) is 3. The van der Waals surface area contributed by atoms with Crippen LogP contribution in [-0.4, -0.2) is 20.2 Å². The third kappa shape index (κ3) is 8.12. The minimum atomic E-state index is -2.87. The maximum atomic E-state index is 11.3. The molecule has 158 valence electrons. The van der Waals surface area contributed by atoms with Gasteiger partial charge in [-0.3, -0.25) is 10.1 Å². The molecular formula is C18H22Cl2N2O6P+. The van der Waals surface area contributed by atoms with Crippen molar-refractivity contribution in [2.45, 2.75) is 33.2 Å². The van der Waals surface area contributed by atoms with Crippen LogP contribution in [0.3, 0.4) is 0 Å². The lowest BCUT2D eigenvalue weighted by molar-refractivity contribution is -0.384. The van der Waals surface area contributed by atoms with Crippen LogP contribution in [0.1, 0.15) is 27.7 Å². The molecule has 0 aliphatic carbocycles. The highest BCUT2D eigenvalue weighted by Crippen LogP contribution is 2.36. The van der Waals surface area contributed by atoms with E-state index < -0.39 is 13.2 Å². The van der Waals surface area contributed by atoms with Crippen molar-refractivity contribution >= 4 is 42.8 Å². The van der Waals surface area contributed by atoms with Gasteiger partial charge in [-0.1, -0.05) is 37.0 Å². The second-order valence-corrected chi connectivity index (χ2v) is 8.22. The Morgan fingerprint density at radius 1 is 1.17 bits per heavy atom. The molecule has 8 nitrogen and oxygen atoms in total. The summed E-state index contributed by atoms with van der Waals surface area (Å²) in [4.78, 5) is 25.1. The van der Waals surface area contributed by atoms with E-state index in [1.54, 1.807) is 24.3 Å². The van der Waals surface area contributed by atoms with Crippen molar-refractivity contribution in [3.63, 3.8) is 0 Å². The molecule has 0 saturated heterocycles. The normalized spacial score (nSPS) is 10.8. The van der Waals surface area contributed by atoms with Crippen LogP contribution in [0.4, 0.5) is 11.4 Å². The summed E-state index contributed by atoms with van der Waals surface area (Å²) in [5.41, 5.74) is 0.0518. The summed E-state index contributed by atoms with van der Waals surface area (Å²) in [6.45, 7) is 8.08. The van der Waals surface area contributed by atoms with Gasteiger partial charge in [0.05, 0.1) is 9.95 Å². The van der Waals surface area contributed by atoms with Crippen LogP contribution in [0.2, 0.25) is 10.0 Å². The SMILES string of the molecule is CC(C)C(C)(C)Nc1cc(Oc2ccc(Cl)cc2Cl)ccc1[N+](=O)[O-].O=[P+](O)O. The number of hydrogen-bond acceptors (Lipinski definition) is 5. The monoisotopic (exact) mass is 463 g/mol. The van der Waals surface area contributed by atoms with Crippen LogP contribution in [0, 0.1) is 16.0 Å². The van der Waals surface area contributed by atoms with Crippen molar-refractivity contribution in [2.24, 2.45) is 5.92 Å². The molecule has 2 aromatic rings. The first-order valence-corrected chi connectivity index (χ1v) is 10.3. The zero-order chi connectivity index (χ0) is 22.4. The van der Waals surface area contributed by atoms with Crippen LogP contribution in [0.5, 0.6) is 11.5 Å². The van der Waals surface area contributed by atoms with Gasteiger partial charge in [0.25, 0.3) is 5.69 Å². The molecule has 0 radical (unpaired) electrons. The second-order valence-electron chi connectivity index (χ2n) is 6.87. The lowest BCUT2D eigenvalue weighted by Crippen LogP contribution is -2.36. The number of nitrogens with one attached hydrogen (secondary N) is 1. The fourth-order valence-electron chi connectivity index (χ4n) is 2.01. The van der Waals surface area contributed by atoms with E-state index in [9.17, 15) is 10.1 Å². The highest BCUT2D eigenvalue weighted by atomic mass is 35.5. The molecule has 0 fully saturated rings. The topological polar surface area (TPSA) is 122 Å². The van der Waals surface area contributed by atoms with E-state index in [2.05, 4.69) is 5.32 Å². The third-order valence-electron chi connectivity index (χ3n) is 4.19. The van der Waals surface area contributed by atoms with Gasteiger partial charge in [0.1, 0.15) is 17.2 Å². The molecule has 0 heterocycles. The zero-order valence-corrected chi connectivity index (χ0v) is 18.6. The summed E-state index contributed by atoms with van der Waals surface area (Å²) in [6.07, 6.45) is 0.